The Morgan fingerprint density at radius 2 is 2.50 bits per heavy atom. The fraction of sp³-hybridized carbons (Fsp3) is 0.571. The first kappa shape index (κ1) is 9.17. The molecule has 0 saturated heterocycles. The maximum atomic E-state index is 10.7. The highest BCUT2D eigenvalue weighted by Crippen LogP contribution is 1.80. The van der Waals surface area contributed by atoms with E-state index in [1.165, 1.54) is 6.08 Å². The molecule has 0 aliphatic heterocycles. The smallest absolute Gasteiger partial charge is 0.223 e. The molecule has 58 valence electrons. The van der Waals surface area contributed by atoms with Crippen molar-refractivity contribution in [1.82, 2.24) is 5.32 Å². The predicted octanol–water partition coefficient (Wildman–Crippen LogP) is 0.0595. The van der Waals surface area contributed by atoms with E-state index in [1.807, 2.05) is 0 Å². The number of carbonyl (C=O) groups excluding carboxylic acids is 1. The Labute approximate surface area is 60.7 Å². The average molecular weight is 143 g/mol. The van der Waals surface area contributed by atoms with Gasteiger partial charge in [0.05, 0.1) is 6.10 Å². The van der Waals surface area contributed by atoms with Gasteiger partial charge in [-0.2, -0.15) is 0 Å². The van der Waals surface area contributed by atoms with Crippen LogP contribution in [-0.4, -0.2) is 23.7 Å². The minimum absolute atomic E-state index is 0.101. The van der Waals surface area contributed by atoms with Gasteiger partial charge in [0.1, 0.15) is 0 Å². The third-order valence-corrected chi connectivity index (χ3v) is 0.924. The lowest BCUT2D eigenvalue weighted by Crippen LogP contribution is -2.29. The highest BCUT2D eigenvalue weighted by molar-refractivity contribution is 5.77. The van der Waals surface area contributed by atoms with Crippen LogP contribution in [-0.2, 0) is 4.79 Å². The summed E-state index contributed by atoms with van der Waals surface area (Å²) in [5.41, 5.74) is 0. The predicted molar refractivity (Wildman–Crippen MR) is 39.5 cm³/mol. The first-order chi connectivity index (χ1) is 4.66. The molecule has 2 N–H and O–H groups in total. The number of aliphatic hydroxyl groups excluding tert-OH is 1. The van der Waals surface area contributed by atoms with Crippen molar-refractivity contribution in [2.45, 2.75) is 19.4 Å². The van der Waals surface area contributed by atoms with Crippen molar-refractivity contribution in [1.29, 1.82) is 0 Å². The van der Waals surface area contributed by atoms with Crippen LogP contribution in [0.15, 0.2) is 12.7 Å². The molecule has 0 aromatic heterocycles. The van der Waals surface area contributed by atoms with Gasteiger partial charge in [-0.3, -0.25) is 4.79 Å². The molecule has 1 atom stereocenters. The number of amides is 1. The second-order valence-corrected chi connectivity index (χ2v) is 2.15. The monoisotopic (exact) mass is 143 g/mol. The minimum atomic E-state index is -0.478. The fourth-order valence-corrected chi connectivity index (χ4v) is 0.465. The van der Waals surface area contributed by atoms with Crippen LogP contribution >= 0.6 is 0 Å². The van der Waals surface area contributed by atoms with E-state index in [4.69, 9.17) is 5.11 Å². The van der Waals surface area contributed by atoms with Crippen LogP contribution in [0.5, 0.6) is 0 Å². The zero-order chi connectivity index (χ0) is 7.98. The lowest BCUT2D eigenvalue weighted by atomic mass is 10.3. The van der Waals surface area contributed by atoms with E-state index in [-0.39, 0.29) is 5.91 Å². The van der Waals surface area contributed by atoms with Gasteiger partial charge < -0.3 is 10.4 Å². The first-order valence-corrected chi connectivity index (χ1v) is 3.22. The Morgan fingerprint density at radius 3 is 2.90 bits per heavy atom. The summed E-state index contributed by atoms with van der Waals surface area (Å²) in [6.07, 6.45) is 1.36. The van der Waals surface area contributed by atoms with E-state index in [2.05, 4.69) is 11.9 Å². The topological polar surface area (TPSA) is 49.3 Å². The Hall–Kier alpha value is -0.830. The third-order valence-electron chi connectivity index (χ3n) is 0.924. The van der Waals surface area contributed by atoms with Gasteiger partial charge in [0.15, 0.2) is 0 Å². The summed E-state index contributed by atoms with van der Waals surface area (Å²) in [7, 11) is 0. The van der Waals surface area contributed by atoms with Crippen molar-refractivity contribution in [3.05, 3.63) is 12.7 Å². The molecule has 0 aliphatic rings. The molecule has 0 aromatic rings. The van der Waals surface area contributed by atoms with Gasteiger partial charge in [-0.05, 0) is 6.92 Å². The number of hydrogen-bond acceptors (Lipinski definition) is 2. The number of rotatable bonds is 4. The summed E-state index contributed by atoms with van der Waals surface area (Å²) in [5.74, 6) is -0.101. The number of carbonyl (C=O) groups is 1. The highest BCUT2D eigenvalue weighted by atomic mass is 16.3. The molecule has 0 fully saturated rings. The average Bonchev–Trinajstić information content (AvgIpc) is 1.85. The molecule has 0 rings (SSSR count). The molecule has 10 heavy (non-hydrogen) atoms. The molecule has 0 heterocycles. The quantitative estimate of drug-likeness (QED) is 0.547. The summed E-state index contributed by atoms with van der Waals surface area (Å²) in [5, 5.41) is 11.3. The van der Waals surface area contributed by atoms with Crippen LogP contribution in [0.3, 0.4) is 0 Å². The molecule has 1 amide bonds. The highest BCUT2D eigenvalue weighted by Gasteiger charge is 1.98. The molecular formula is C7H13NO2. The maximum absolute atomic E-state index is 10.7. The van der Waals surface area contributed by atoms with E-state index in [0.717, 1.165) is 0 Å². The van der Waals surface area contributed by atoms with Crippen molar-refractivity contribution in [3.63, 3.8) is 0 Å². The lowest BCUT2D eigenvalue weighted by molar-refractivity contribution is -0.120. The Kier molecular flexibility index (Phi) is 4.58. The second-order valence-electron chi connectivity index (χ2n) is 2.15. The molecule has 0 saturated carbocycles. The standard InChI is InChI=1S/C7H13NO2/c1-3-4-7(10)8-5-6(2)9/h3,6,9H,1,4-5H2,2H3,(H,8,10)/t6-/m0/s1. The van der Waals surface area contributed by atoms with Gasteiger partial charge >= 0.3 is 0 Å². The maximum Gasteiger partial charge on any atom is 0.223 e. The SMILES string of the molecule is C=CCC(=O)NC[C@H](C)O. The van der Waals surface area contributed by atoms with Crippen molar-refractivity contribution in [3.8, 4) is 0 Å². The zero-order valence-electron chi connectivity index (χ0n) is 6.13. The Bertz CT molecular complexity index is 121. The lowest BCUT2D eigenvalue weighted by Gasteiger charge is -2.04. The van der Waals surface area contributed by atoms with Gasteiger partial charge in [-0.15, -0.1) is 6.58 Å². The third kappa shape index (κ3) is 5.31. The largest absolute Gasteiger partial charge is 0.392 e. The van der Waals surface area contributed by atoms with Crippen LogP contribution < -0.4 is 5.32 Å². The fourth-order valence-electron chi connectivity index (χ4n) is 0.465. The van der Waals surface area contributed by atoms with Gasteiger partial charge in [0, 0.05) is 13.0 Å². The van der Waals surface area contributed by atoms with E-state index in [9.17, 15) is 4.79 Å². The van der Waals surface area contributed by atoms with Gasteiger partial charge in [-0.1, -0.05) is 6.08 Å². The molecule has 0 unspecified atom stereocenters. The van der Waals surface area contributed by atoms with Crippen LogP contribution in [0.1, 0.15) is 13.3 Å². The van der Waals surface area contributed by atoms with Gasteiger partial charge in [-0.25, -0.2) is 0 Å². The zero-order valence-corrected chi connectivity index (χ0v) is 6.13. The summed E-state index contributed by atoms with van der Waals surface area (Å²) in [4.78, 5) is 10.7. The summed E-state index contributed by atoms with van der Waals surface area (Å²) < 4.78 is 0. The summed E-state index contributed by atoms with van der Waals surface area (Å²) in [6.45, 7) is 5.34. The van der Waals surface area contributed by atoms with Gasteiger partial charge in [0.25, 0.3) is 0 Å². The molecule has 0 radical (unpaired) electrons. The molecule has 0 bridgehead atoms. The van der Waals surface area contributed by atoms with Crippen molar-refractivity contribution in [2.75, 3.05) is 6.54 Å². The second kappa shape index (κ2) is 4.99. The first-order valence-electron chi connectivity index (χ1n) is 3.22. The molecule has 0 aromatic carbocycles. The molecule has 3 nitrogen and oxygen atoms in total. The normalized spacial score (nSPS) is 12.2. The van der Waals surface area contributed by atoms with Crippen molar-refractivity contribution in [2.24, 2.45) is 0 Å². The van der Waals surface area contributed by atoms with Crippen LogP contribution in [0.25, 0.3) is 0 Å². The number of hydrogen-bond donors (Lipinski definition) is 2. The minimum Gasteiger partial charge on any atom is -0.392 e. The van der Waals surface area contributed by atoms with E-state index >= 15 is 0 Å². The van der Waals surface area contributed by atoms with Gasteiger partial charge in [0.2, 0.25) is 5.91 Å². The Balaban J connectivity index is 3.30. The molecular weight excluding hydrogens is 130 g/mol. The van der Waals surface area contributed by atoms with Crippen molar-refractivity contribution < 1.29 is 9.90 Å². The number of nitrogens with one attached hydrogen (secondary N) is 1. The van der Waals surface area contributed by atoms with Crippen LogP contribution in [0.4, 0.5) is 0 Å². The molecule has 0 spiro atoms. The van der Waals surface area contributed by atoms with Crippen LogP contribution in [0, 0.1) is 0 Å². The van der Waals surface area contributed by atoms with Crippen molar-refractivity contribution >= 4 is 5.91 Å². The van der Waals surface area contributed by atoms with Crippen LogP contribution in [0.2, 0.25) is 0 Å². The molecule has 0 aliphatic carbocycles. The van der Waals surface area contributed by atoms with E-state index < -0.39 is 6.10 Å². The summed E-state index contributed by atoms with van der Waals surface area (Å²) >= 11 is 0. The summed E-state index contributed by atoms with van der Waals surface area (Å²) in [6, 6.07) is 0. The Morgan fingerprint density at radius 1 is 1.90 bits per heavy atom. The van der Waals surface area contributed by atoms with E-state index in [1.54, 1.807) is 6.92 Å². The van der Waals surface area contributed by atoms with E-state index in [0.29, 0.717) is 13.0 Å². The number of aliphatic hydroxyl groups is 1. The molecule has 3 heteroatoms.